The van der Waals surface area contributed by atoms with Gasteiger partial charge >= 0.3 is 0 Å². The molecular weight excluding hydrogens is 248 g/mol. The Morgan fingerprint density at radius 3 is 2.89 bits per heavy atom. The van der Waals surface area contributed by atoms with E-state index in [-0.39, 0.29) is 5.56 Å². The van der Waals surface area contributed by atoms with E-state index in [2.05, 4.69) is 10.3 Å². The van der Waals surface area contributed by atoms with Crippen molar-refractivity contribution < 1.29 is 4.21 Å². The molecule has 0 amide bonds. The number of rotatable bonds is 5. The van der Waals surface area contributed by atoms with Gasteiger partial charge in [0.15, 0.2) is 0 Å². The van der Waals surface area contributed by atoms with Crippen molar-refractivity contribution in [1.82, 2.24) is 10.3 Å². The summed E-state index contributed by atoms with van der Waals surface area (Å²) in [7, 11) is -0.799. The molecule has 0 aliphatic heterocycles. The predicted octanol–water partition coefficient (Wildman–Crippen LogP) is 0.996. The summed E-state index contributed by atoms with van der Waals surface area (Å²) in [5, 5.41) is 4.15. The van der Waals surface area contributed by atoms with E-state index in [0.717, 1.165) is 10.9 Å². The quantitative estimate of drug-likeness (QED) is 0.792. The van der Waals surface area contributed by atoms with Crippen LogP contribution in [0.25, 0.3) is 10.9 Å². The minimum absolute atomic E-state index is 0.0705. The molecule has 0 radical (unpaired) electrons. The average Bonchev–Trinajstić information content (AvgIpc) is 2.34. The van der Waals surface area contributed by atoms with Gasteiger partial charge in [0.1, 0.15) is 0 Å². The first-order chi connectivity index (χ1) is 8.66. The Morgan fingerprint density at radius 2 is 2.11 bits per heavy atom. The second kappa shape index (κ2) is 5.93. The maximum absolute atomic E-state index is 11.8. The first kappa shape index (κ1) is 13.0. The van der Waals surface area contributed by atoms with E-state index in [1.807, 2.05) is 30.3 Å². The number of hydrogen-bond acceptors (Lipinski definition) is 3. The number of fused-ring (bicyclic) bond motifs is 1. The van der Waals surface area contributed by atoms with E-state index < -0.39 is 10.8 Å². The molecule has 96 valence electrons. The maximum Gasteiger partial charge on any atom is 0.252 e. The monoisotopic (exact) mass is 264 g/mol. The molecule has 1 atom stereocenters. The number of nitrogens with one attached hydrogen (secondary N) is 2. The van der Waals surface area contributed by atoms with Crippen molar-refractivity contribution in [2.24, 2.45) is 0 Å². The topological polar surface area (TPSA) is 62.0 Å². The summed E-state index contributed by atoms with van der Waals surface area (Å²) in [6, 6.07) is 9.58. The van der Waals surface area contributed by atoms with Gasteiger partial charge in [-0.05, 0) is 17.5 Å². The normalized spacial score (nSPS) is 12.7. The molecule has 2 N–H and O–H groups in total. The van der Waals surface area contributed by atoms with Crippen LogP contribution in [0.15, 0.2) is 35.1 Å². The molecule has 0 saturated heterocycles. The van der Waals surface area contributed by atoms with Gasteiger partial charge in [0.25, 0.3) is 5.56 Å². The van der Waals surface area contributed by atoms with E-state index in [0.29, 0.717) is 24.4 Å². The minimum Gasteiger partial charge on any atom is -0.322 e. The van der Waals surface area contributed by atoms with Crippen molar-refractivity contribution in [3.8, 4) is 0 Å². The molecule has 0 aliphatic rings. The molecule has 1 aromatic heterocycles. The summed E-state index contributed by atoms with van der Waals surface area (Å²) < 4.78 is 10.9. The van der Waals surface area contributed by atoms with E-state index in [9.17, 15) is 9.00 Å². The Morgan fingerprint density at radius 1 is 1.33 bits per heavy atom. The fourth-order valence-corrected chi connectivity index (χ4v) is 2.19. The highest BCUT2D eigenvalue weighted by Crippen LogP contribution is 2.09. The van der Waals surface area contributed by atoms with Gasteiger partial charge in [-0.3, -0.25) is 9.00 Å². The van der Waals surface area contributed by atoms with Crippen LogP contribution in [0.5, 0.6) is 0 Å². The van der Waals surface area contributed by atoms with Gasteiger partial charge in [-0.25, -0.2) is 0 Å². The Bertz CT molecular complexity index is 622. The van der Waals surface area contributed by atoms with Gasteiger partial charge in [0, 0.05) is 47.0 Å². The molecule has 5 heteroatoms. The molecule has 0 saturated carbocycles. The van der Waals surface area contributed by atoms with Crippen LogP contribution in [0.4, 0.5) is 0 Å². The molecule has 0 spiro atoms. The van der Waals surface area contributed by atoms with Crippen LogP contribution in [-0.4, -0.2) is 27.7 Å². The number of aromatic nitrogens is 1. The summed E-state index contributed by atoms with van der Waals surface area (Å²) in [6.45, 7) is 1.15. The second-order valence-corrected chi connectivity index (χ2v) is 5.72. The van der Waals surface area contributed by atoms with Crippen LogP contribution in [0.3, 0.4) is 0 Å². The van der Waals surface area contributed by atoms with Crippen molar-refractivity contribution in [3.05, 3.63) is 46.2 Å². The smallest absolute Gasteiger partial charge is 0.252 e. The third-order valence-electron chi connectivity index (χ3n) is 2.71. The van der Waals surface area contributed by atoms with Crippen LogP contribution in [0.1, 0.15) is 5.56 Å². The van der Waals surface area contributed by atoms with Gasteiger partial charge in [0.05, 0.1) is 0 Å². The van der Waals surface area contributed by atoms with Crippen LogP contribution >= 0.6 is 0 Å². The molecule has 0 fully saturated rings. The Balaban J connectivity index is 2.11. The first-order valence-corrected chi connectivity index (χ1v) is 7.51. The Kier molecular flexibility index (Phi) is 4.28. The van der Waals surface area contributed by atoms with Crippen LogP contribution in [0.2, 0.25) is 0 Å². The highest BCUT2D eigenvalue weighted by molar-refractivity contribution is 7.84. The molecule has 2 aromatic rings. The van der Waals surface area contributed by atoms with Crippen LogP contribution in [0, 0.1) is 0 Å². The van der Waals surface area contributed by atoms with Crippen LogP contribution < -0.4 is 10.9 Å². The minimum atomic E-state index is -0.799. The van der Waals surface area contributed by atoms with Crippen molar-refractivity contribution in [2.45, 2.75) is 6.54 Å². The molecule has 18 heavy (non-hydrogen) atoms. The zero-order valence-corrected chi connectivity index (χ0v) is 11.0. The lowest BCUT2D eigenvalue weighted by Crippen LogP contribution is -2.24. The fourth-order valence-electron chi connectivity index (χ4n) is 1.76. The molecular formula is C13H16N2O2S. The Hall–Kier alpha value is -1.46. The highest BCUT2D eigenvalue weighted by Gasteiger charge is 2.02. The van der Waals surface area contributed by atoms with Crippen molar-refractivity contribution >= 4 is 21.7 Å². The SMILES string of the molecule is CS(=O)CCNCc1cc2ccccc2[nH]c1=O. The number of benzene rings is 1. The zero-order chi connectivity index (χ0) is 13.0. The molecule has 2 rings (SSSR count). The lowest BCUT2D eigenvalue weighted by molar-refractivity contribution is 0.676. The molecule has 1 heterocycles. The number of aromatic amines is 1. The highest BCUT2D eigenvalue weighted by atomic mass is 32.2. The number of para-hydroxylation sites is 1. The maximum atomic E-state index is 11.8. The third-order valence-corrected chi connectivity index (χ3v) is 3.49. The molecule has 1 aromatic carbocycles. The van der Waals surface area contributed by atoms with E-state index in [1.165, 1.54) is 0 Å². The predicted molar refractivity (Wildman–Crippen MR) is 75.2 cm³/mol. The Labute approximate surface area is 108 Å². The van der Waals surface area contributed by atoms with E-state index >= 15 is 0 Å². The fraction of sp³-hybridized carbons (Fsp3) is 0.308. The average molecular weight is 264 g/mol. The van der Waals surface area contributed by atoms with E-state index in [4.69, 9.17) is 0 Å². The van der Waals surface area contributed by atoms with Crippen molar-refractivity contribution in [3.63, 3.8) is 0 Å². The van der Waals surface area contributed by atoms with Gasteiger partial charge in [-0.15, -0.1) is 0 Å². The summed E-state index contributed by atoms with van der Waals surface area (Å²) in [5.41, 5.74) is 1.48. The number of H-pyrrole nitrogens is 1. The summed E-state index contributed by atoms with van der Waals surface area (Å²) in [5.74, 6) is 0.603. The number of hydrogen-bond donors (Lipinski definition) is 2. The zero-order valence-electron chi connectivity index (χ0n) is 10.2. The third kappa shape index (κ3) is 3.27. The van der Waals surface area contributed by atoms with Gasteiger partial charge in [-0.2, -0.15) is 0 Å². The van der Waals surface area contributed by atoms with Crippen molar-refractivity contribution in [1.29, 1.82) is 0 Å². The summed E-state index contributed by atoms with van der Waals surface area (Å²) >= 11 is 0. The van der Waals surface area contributed by atoms with Crippen molar-refractivity contribution in [2.75, 3.05) is 18.6 Å². The molecule has 0 aliphatic carbocycles. The lowest BCUT2D eigenvalue weighted by Gasteiger charge is -2.04. The van der Waals surface area contributed by atoms with Gasteiger partial charge < -0.3 is 10.3 Å². The van der Waals surface area contributed by atoms with E-state index in [1.54, 1.807) is 6.26 Å². The second-order valence-electron chi connectivity index (χ2n) is 4.17. The summed E-state index contributed by atoms with van der Waals surface area (Å²) in [6.07, 6.45) is 1.67. The largest absolute Gasteiger partial charge is 0.322 e. The number of pyridine rings is 1. The van der Waals surface area contributed by atoms with Crippen LogP contribution in [-0.2, 0) is 17.3 Å². The molecule has 1 unspecified atom stereocenters. The summed E-state index contributed by atoms with van der Waals surface area (Å²) in [4.78, 5) is 14.7. The standard InChI is InChI=1S/C13H16N2O2S/c1-18(17)7-6-14-9-11-8-10-4-2-3-5-12(10)15-13(11)16/h2-5,8,14H,6-7,9H2,1H3,(H,15,16). The lowest BCUT2D eigenvalue weighted by atomic mass is 10.1. The van der Waals surface area contributed by atoms with Gasteiger partial charge in [0.2, 0.25) is 0 Å². The first-order valence-electron chi connectivity index (χ1n) is 5.78. The van der Waals surface area contributed by atoms with Gasteiger partial charge in [-0.1, -0.05) is 18.2 Å². The molecule has 0 bridgehead atoms. The molecule has 4 nitrogen and oxygen atoms in total.